The molecule has 0 unspecified atom stereocenters. The summed E-state index contributed by atoms with van der Waals surface area (Å²) in [6, 6.07) is 13.1. The molecule has 0 heterocycles. The summed E-state index contributed by atoms with van der Waals surface area (Å²) < 4.78 is 27.2. The van der Waals surface area contributed by atoms with Gasteiger partial charge in [0, 0.05) is 22.1 Å². The van der Waals surface area contributed by atoms with E-state index in [9.17, 15) is 18.0 Å². The van der Waals surface area contributed by atoms with Crippen molar-refractivity contribution in [1.29, 1.82) is 0 Å². The van der Waals surface area contributed by atoms with Crippen LogP contribution in [0.3, 0.4) is 0 Å². The van der Waals surface area contributed by atoms with E-state index in [-0.39, 0.29) is 18.5 Å². The van der Waals surface area contributed by atoms with E-state index in [2.05, 4.69) is 21.2 Å². The number of amides is 2. The van der Waals surface area contributed by atoms with E-state index in [1.165, 1.54) is 11.3 Å². The van der Waals surface area contributed by atoms with Gasteiger partial charge in [0.05, 0.1) is 11.9 Å². The zero-order valence-electron chi connectivity index (χ0n) is 20.6. The van der Waals surface area contributed by atoms with Crippen LogP contribution in [0.5, 0.6) is 0 Å². The van der Waals surface area contributed by atoms with Crippen molar-refractivity contribution in [1.82, 2.24) is 10.2 Å². The Balaban J connectivity index is 1.89. The molecule has 0 aromatic heterocycles. The van der Waals surface area contributed by atoms with Gasteiger partial charge in [0.1, 0.15) is 12.6 Å². The molecule has 2 aromatic carbocycles. The molecule has 0 bridgehead atoms. The molecular formula is C26H33BrClN3O4S. The highest BCUT2D eigenvalue weighted by molar-refractivity contribution is 9.10. The van der Waals surface area contributed by atoms with Gasteiger partial charge in [0.2, 0.25) is 21.8 Å². The molecule has 1 saturated carbocycles. The SMILES string of the molecule is CC[C@H](C(=O)NC1CCCCC1)N(Cc1ccc(Cl)cc1)C(=O)CN(c1ccc(Br)cc1)S(C)(=O)=O. The Labute approximate surface area is 227 Å². The molecule has 2 amide bonds. The van der Waals surface area contributed by atoms with Gasteiger partial charge >= 0.3 is 0 Å². The number of rotatable bonds is 10. The van der Waals surface area contributed by atoms with E-state index in [4.69, 9.17) is 11.6 Å². The van der Waals surface area contributed by atoms with Gasteiger partial charge in [0.15, 0.2) is 0 Å². The second kappa shape index (κ2) is 12.9. The third-order valence-corrected chi connectivity index (χ3v) is 8.32. The summed E-state index contributed by atoms with van der Waals surface area (Å²) in [6.07, 6.45) is 6.64. The molecule has 36 heavy (non-hydrogen) atoms. The van der Waals surface area contributed by atoms with Crippen molar-refractivity contribution < 1.29 is 18.0 Å². The summed E-state index contributed by atoms with van der Waals surface area (Å²) in [4.78, 5) is 28.6. The Kier molecular flexibility index (Phi) is 10.2. The summed E-state index contributed by atoms with van der Waals surface area (Å²) in [5.41, 5.74) is 1.17. The van der Waals surface area contributed by atoms with E-state index < -0.39 is 28.5 Å². The van der Waals surface area contributed by atoms with E-state index in [1.54, 1.807) is 48.5 Å². The topological polar surface area (TPSA) is 86.8 Å². The lowest BCUT2D eigenvalue weighted by Crippen LogP contribution is -2.53. The number of halogens is 2. The summed E-state index contributed by atoms with van der Waals surface area (Å²) in [6.45, 7) is 1.60. The van der Waals surface area contributed by atoms with Crippen molar-refractivity contribution in [3.05, 3.63) is 63.6 Å². The van der Waals surface area contributed by atoms with Crippen LogP contribution < -0.4 is 9.62 Å². The van der Waals surface area contributed by atoms with E-state index >= 15 is 0 Å². The highest BCUT2D eigenvalue weighted by Crippen LogP contribution is 2.23. The monoisotopic (exact) mass is 597 g/mol. The van der Waals surface area contributed by atoms with E-state index in [1.807, 2.05) is 6.92 Å². The average Bonchev–Trinajstić information content (AvgIpc) is 2.84. The molecule has 3 rings (SSSR count). The fraction of sp³-hybridized carbons (Fsp3) is 0.462. The van der Waals surface area contributed by atoms with Crippen LogP contribution in [0, 0.1) is 0 Å². The minimum atomic E-state index is -3.76. The molecule has 7 nitrogen and oxygen atoms in total. The number of hydrogen-bond acceptors (Lipinski definition) is 4. The van der Waals surface area contributed by atoms with Crippen molar-refractivity contribution in [2.75, 3.05) is 17.1 Å². The Hall–Kier alpha value is -2.10. The summed E-state index contributed by atoms with van der Waals surface area (Å²) in [5, 5.41) is 3.70. The van der Waals surface area contributed by atoms with Crippen molar-refractivity contribution >= 4 is 55.1 Å². The number of sulfonamides is 1. The first-order valence-corrected chi connectivity index (χ1v) is 15.2. The van der Waals surface area contributed by atoms with Gasteiger partial charge in [-0.3, -0.25) is 13.9 Å². The number of carbonyl (C=O) groups is 2. The van der Waals surface area contributed by atoms with Gasteiger partial charge in [-0.2, -0.15) is 0 Å². The lowest BCUT2D eigenvalue weighted by atomic mass is 9.95. The van der Waals surface area contributed by atoms with Gasteiger partial charge in [-0.25, -0.2) is 8.42 Å². The summed E-state index contributed by atoms with van der Waals surface area (Å²) in [7, 11) is -3.76. The quantitative estimate of drug-likeness (QED) is 0.411. The smallest absolute Gasteiger partial charge is 0.244 e. The first kappa shape index (κ1) is 28.5. The molecular weight excluding hydrogens is 566 g/mol. The third-order valence-electron chi connectivity index (χ3n) is 6.40. The molecule has 0 saturated heterocycles. The summed E-state index contributed by atoms with van der Waals surface area (Å²) in [5.74, 6) is -0.662. The Morgan fingerprint density at radius 1 is 1.06 bits per heavy atom. The highest BCUT2D eigenvalue weighted by Gasteiger charge is 2.32. The third kappa shape index (κ3) is 7.95. The maximum absolute atomic E-state index is 13.7. The minimum Gasteiger partial charge on any atom is -0.352 e. The predicted octanol–water partition coefficient (Wildman–Crippen LogP) is 5.12. The fourth-order valence-corrected chi connectivity index (χ4v) is 5.71. The number of nitrogens with zero attached hydrogens (tertiary/aromatic N) is 2. The van der Waals surface area contributed by atoms with Crippen LogP contribution in [0.4, 0.5) is 5.69 Å². The van der Waals surface area contributed by atoms with Gasteiger partial charge in [0.25, 0.3) is 0 Å². The molecule has 1 aliphatic rings. The molecule has 1 fully saturated rings. The first-order valence-electron chi connectivity index (χ1n) is 12.2. The van der Waals surface area contributed by atoms with Crippen molar-refractivity contribution in [3.63, 3.8) is 0 Å². The Morgan fingerprint density at radius 3 is 2.22 bits per heavy atom. The van der Waals surface area contributed by atoms with Crippen molar-refractivity contribution in [2.45, 2.75) is 64.1 Å². The number of nitrogens with one attached hydrogen (secondary N) is 1. The van der Waals surface area contributed by atoms with Crippen LogP contribution in [0.15, 0.2) is 53.0 Å². The van der Waals surface area contributed by atoms with Crippen LogP contribution in [0.2, 0.25) is 5.02 Å². The number of anilines is 1. The second-order valence-corrected chi connectivity index (χ2v) is 12.4. The largest absolute Gasteiger partial charge is 0.352 e. The lowest BCUT2D eigenvalue weighted by molar-refractivity contribution is -0.140. The maximum Gasteiger partial charge on any atom is 0.244 e. The fourth-order valence-electron chi connectivity index (χ4n) is 4.47. The number of hydrogen-bond donors (Lipinski definition) is 1. The lowest BCUT2D eigenvalue weighted by Gasteiger charge is -2.34. The molecule has 0 aliphatic heterocycles. The van der Waals surface area contributed by atoms with Gasteiger partial charge < -0.3 is 10.2 Å². The van der Waals surface area contributed by atoms with E-state index in [0.29, 0.717) is 17.1 Å². The maximum atomic E-state index is 13.7. The summed E-state index contributed by atoms with van der Waals surface area (Å²) >= 11 is 9.39. The van der Waals surface area contributed by atoms with Crippen LogP contribution in [0.25, 0.3) is 0 Å². The van der Waals surface area contributed by atoms with Crippen LogP contribution >= 0.6 is 27.5 Å². The molecule has 0 spiro atoms. The molecule has 10 heteroatoms. The molecule has 0 radical (unpaired) electrons. The zero-order chi connectivity index (χ0) is 26.3. The Bertz CT molecular complexity index is 1140. The van der Waals surface area contributed by atoms with Gasteiger partial charge in [-0.05, 0) is 61.2 Å². The molecule has 1 N–H and O–H groups in total. The normalized spacial score (nSPS) is 15.2. The molecule has 2 aromatic rings. The number of benzene rings is 2. The standard InChI is InChI=1S/C26H33BrClN3O4S/c1-3-24(26(33)29-22-7-5-4-6-8-22)30(17-19-9-13-21(28)14-10-19)25(32)18-31(36(2,34)35)23-15-11-20(27)12-16-23/h9-16,22,24H,3-8,17-18H2,1-2H3,(H,29,33)/t24-/m1/s1. The minimum absolute atomic E-state index is 0.100. The average molecular weight is 599 g/mol. The highest BCUT2D eigenvalue weighted by atomic mass is 79.9. The Morgan fingerprint density at radius 2 is 1.67 bits per heavy atom. The van der Waals surface area contributed by atoms with Crippen LogP contribution in [-0.4, -0.2) is 50.0 Å². The second-order valence-electron chi connectivity index (χ2n) is 9.16. The number of carbonyl (C=O) groups excluding carboxylic acids is 2. The van der Waals surface area contributed by atoms with Crippen molar-refractivity contribution in [2.24, 2.45) is 0 Å². The van der Waals surface area contributed by atoms with Gasteiger partial charge in [-0.15, -0.1) is 0 Å². The zero-order valence-corrected chi connectivity index (χ0v) is 23.8. The first-order chi connectivity index (χ1) is 17.1. The molecule has 196 valence electrons. The van der Waals surface area contributed by atoms with Crippen LogP contribution in [0.1, 0.15) is 51.0 Å². The predicted molar refractivity (Wildman–Crippen MR) is 147 cm³/mol. The molecule has 1 atom stereocenters. The molecule has 1 aliphatic carbocycles. The van der Waals surface area contributed by atoms with E-state index in [0.717, 1.165) is 46.3 Å². The van der Waals surface area contributed by atoms with Crippen molar-refractivity contribution in [3.8, 4) is 0 Å². The van der Waals surface area contributed by atoms with Crippen LogP contribution in [-0.2, 0) is 26.2 Å². The van der Waals surface area contributed by atoms with Gasteiger partial charge in [-0.1, -0.05) is 65.8 Å².